The zero-order valence-corrected chi connectivity index (χ0v) is 27.5. The first-order chi connectivity index (χ1) is 24.3. The number of hydrogen-bond donors (Lipinski definition) is 0. The molecule has 0 radical (unpaired) electrons. The van der Waals surface area contributed by atoms with E-state index in [0.29, 0.717) is 0 Å². The van der Waals surface area contributed by atoms with Crippen molar-refractivity contribution in [2.24, 2.45) is 0 Å². The first-order valence-corrected chi connectivity index (χ1v) is 17.7. The van der Waals surface area contributed by atoms with Crippen LogP contribution in [-0.2, 0) is 0 Å². The lowest BCUT2D eigenvalue weighted by molar-refractivity contribution is 1.62. The van der Waals surface area contributed by atoms with Gasteiger partial charge >= 0.3 is 0 Å². The first-order valence-electron chi connectivity index (χ1n) is 16.8. The predicted molar refractivity (Wildman–Crippen MR) is 214 cm³/mol. The summed E-state index contributed by atoms with van der Waals surface area (Å²) in [7, 11) is 0. The fraction of sp³-hybridized carbons (Fsp3) is 0. The molecular formula is C48H30S. The van der Waals surface area contributed by atoms with Gasteiger partial charge in [0.1, 0.15) is 0 Å². The predicted octanol–water partition coefficient (Wildman–Crippen LogP) is 14.2. The van der Waals surface area contributed by atoms with Gasteiger partial charge in [-0.15, -0.1) is 11.3 Å². The molecule has 10 rings (SSSR count). The summed E-state index contributed by atoms with van der Waals surface area (Å²) in [5.74, 6) is 0. The van der Waals surface area contributed by atoms with Crippen LogP contribution in [0.3, 0.4) is 0 Å². The van der Waals surface area contributed by atoms with Gasteiger partial charge in [-0.2, -0.15) is 0 Å². The van der Waals surface area contributed by atoms with Crippen LogP contribution in [0.1, 0.15) is 0 Å². The topological polar surface area (TPSA) is 0 Å². The molecule has 1 heteroatoms. The van der Waals surface area contributed by atoms with Crippen LogP contribution in [0.2, 0.25) is 0 Å². The molecule has 9 aromatic carbocycles. The van der Waals surface area contributed by atoms with Gasteiger partial charge in [0.15, 0.2) is 0 Å². The molecule has 0 aliphatic heterocycles. The summed E-state index contributed by atoms with van der Waals surface area (Å²) in [4.78, 5) is 0. The molecule has 0 saturated heterocycles. The van der Waals surface area contributed by atoms with Gasteiger partial charge in [0.25, 0.3) is 0 Å². The highest BCUT2D eigenvalue weighted by molar-refractivity contribution is 7.26. The van der Waals surface area contributed by atoms with Gasteiger partial charge in [0.05, 0.1) is 0 Å². The van der Waals surface area contributed by atoms with Gasteiger partial charge in [-0.05, 0) is 95.5 Å². The highest BCUT2D eigenvalue weighted by atomic mass is 32.1. The molecule has 49 heavy (non-hydrogen) atoms. The zero-order valence-electron chi connectivity index (χ0n) is 26.7. The van der Waals surface area contributed by atoms with Crippen molar-refractivity contribution in [3.63, 3.8) is 0 Å². The first kappa shape index (κ1) is 28.0. The van der Waals surface area contributed by atoms with Crippen LogP contribution in [0, 0.1) is 0 Å². The van der Waals surface area contributed by atoms with Gasteiger partial charge < -0.3 is 0 Å². The van der Waals surface area contributed by atoms with E-state index in [1.807, 2.05) is 11.3 Å². The van der Waals surface area contributed by atoms with Crippen molar-refractivity contribution in [2.75, 3.05) is 0 Å². The Balaban J connectivity index is 1.23. The summed E-state index contributed by atoms with van der Waals surface area (Å²) >= 11 is 1.90. The normalized spacial score (nSPS) is 11.7. The zero-order chi connectivity index (χ0) is 32.3. The summed E-state index contributed by atoms with van der Waals surface area (Å²) in [6.45, 7) is 0. The van der Waals surface area contributed by atoms with Crippen molar-refractivity contribution in [3.8, 4) is 44.5 Å². The molecule has 0 unspecified atom stereocenters. The Morgan fingerprint density at radius 2 is 0.837 bits per heavy atom. The van der Waals surface area contributed by atoms with E-state index in [1.165, 1.54) is 97.0 Å². The summed E-state index contributed by atoms with van der Waals surface area (Å²) < 4.78 is 2.68. The fourth-order valence-electron chi connectivity index (χ4n) is 7.84. The summed E-state index contributed by atoms with van der Waals surface area (Å²) in [5, 5.41) is 10.4. The summed E-state index contributed by atoms with van der Waals surface area (Å²) in [6.07, 6.45) is 0. The van der Waals surface area contributed by atoms with E-state index in [4.69, 9.17) is 0 Å². The smallest absolute Gasteiger partial charge is 0.0440 e. The van der Waals surface area contributed by atoms with Gasteiger partial charge in [-0.25, -0.2) is 0 Å². The van der Waals surface area contributed by atoms with Crippen molar-refractivity contribution in [2.45, 2.75) is 0 Å². The second-order valence-electron chi connectivity index (χ2n) is 12.8. The molecule has 0 spiro atoms. The molecule has 0 aliphatic rings. The van der Waals surface area contributed by atoms with Crippen LogP contribution in [0.15, 0.2) is 182 Å². The molecule has 0 bridgehead atoms. The van der Waals surface area contributed by atoms with Crippen LogP contribution in [0.25, 0.3) is 97.0 Å². The summed E-state index contributed by atoms with van der Waals surface area (Å²) in [5.41, 5.74) is 10.0. The van der Waals surface area contributed by atoms with Crippen molar-refractivity contribution < 1.29 is 0 Å². The lowest BCUT2D eigenvalue weighted by atomic mass is 9.84. The maximum atomic E-state index is 2.42. The highest BCUT2D eigenvalue weighted by Gasteiger charge is 2.18. The Morgan fingerprint density at radius 1 is 0.306 bits per heavy atom. The third-order valence-corrected chi connectivity index (χ3v) is 11.2. The SMILES string of the molecule is c1ccc(-c2c3ccccc3c(-c3ccccc3)c3cc(-c4cccc(-c5cc6ccccc6c6c5sc5ccccc56)c4)ccc23)cc1. The molecular weight excluding hydrogens is 609 g/mol. The molecule has 0 saturated carbocycles. The maximum Gasteiger partial charge on any atom is 0.0440 e. The van der Waals surface area contributed by atoms with Crippen molar-refractivity contribution >= 4 is 63.8 Å². The minimum atomic E-state index is 1.22. The summed E-state index contributed by atoms with van der Waals surface area (Å²) in [6, 6.07) is 66.9. The highest BCUT2D eigenvalue weighted by Crippen LogP contribution is 2.47. The number of hydrogen-bond acceptors (Lipinski definition) is 1. The third kappa shape index (κ3) is 4.51. The Labute approximate surface area is 289 Å². The van der Waals surface area contributed by atoms with E-state index in [1.54, 1.807) is 0 Å². The molecule has 0 aliphatic carbocycles. The lowest BCUT2D eigenvalue weighted by Crippen LogP contribution is -1.91. The van der Waals surface area contributed by atoms with Crippen LogP contribution < -0.4 is 0 Å². The van der Waals surface area contributed by atoms with Crippen LogP contribution in [0.5, 0.6) is 0 Å². The molecule has 1 aromatic heterocycles. The average Bonchev–Trinajstić information content (AvgIpc) is 3.57. The van der Waals surface area contributed by atoms with E-state index in [9.17, 15) is 0 Å². The van der Waals surface area contributed by atoms with Crippen LogP contribution in [0.4, 0.5) is 0 Å². The molecule has 0 atom stereocenters. The van der Waals surface area contributed by atoms with Crippen molar-refractivity contribution in [1.29, 1.82) is 0 Å². The van der Waals surface area contributed by atoms with E-state index in [-0.39, 0.29) is 0 Å². The minimum absolute atomic E-state index is 1.22. The average molecular weight is 639 g/mol. The molecule has 0 fully saturated rings. The molecule has 1 heterocycles. The molecule has 10 aromatic rings. The number of thiophene rings is 1. The number of rotatable bonds is 4. The maximum absolute atomic E-state index is 2.42. The monoisotopic (exact) mass is 638 g/mol. The molecule has 0 nitrogen and oxygen atoms in total. The van der Waals surface area contributed by atoms with E-state index in [0.717, 1.165) is 0 Å². The van der Waals surface area contributed by atoms with Gasteiger partial charge in [-0.1, -0.05) is 158 Å². The minimum Gasteiger partial charge on any atom is -0.135 e. The van der Waals surface area contributed by atoms with E-state index >= 15 is 0 Å². The Hall–Kier alpha value is -6.02. The van der Waals surface area contributed by atoms with Crippen LogP contribution >= 0.6 is 11.3 Å². The van der Waals surface area contributed by atoms with Gasteiger partial charge in [0, 0.05) is 25.7 Å². The van der Waals surface area contributed by atoms with E-state index < -0.39 is 0 Å². The Bertz CT molecular complexity index is 2860. The van der Waals surface area contributed by atoms with E-state index in [2.05, 4.69) is 182 Å². The number of benzene rings is 9. The van der Waals surface area contributed by atoms with Crippen molar-refractivity contribution in [1.82, 2.24) is 0 Å². The number of fused-ring (bicyclic) bond motifs is 7. The molecule has 0 N–H and O–H groups in total. The van der Waals surface area contributed by atoms with Gasteiger partial charge in [0.2, 0.25) is 0 Å². The molecule has 0 amide bonds. The third-order valence-electron chi connectivity index (χ3n) is 10.0. The quantitative estimate of drug-likeness (QED) is 0.168. The Morgan fingerprint density at radius 3 is 1.57 bits per heavy atom. The second kappa shape index (κ2) is 11.3. The largest absolute Gasteiger partial charge is 0.135 e. The van der Waals surface area contributed by atoms with Crippen molar-refractivity contribution in [3.05, 3.63) is 182 Å². The lowest BCUT2D eigenvalue weighted by Gasteiger charge is -2.19. The fourth-order valence-corrected chi connectivity index (χ4v) is 9.10. The Kier molecular flexibility index (Phi) is 6.47. The molecule has 228 valence electrons. The second-order valence-corrected chi connectivity index (χ2v) is 13.9. The van der Waals surface area contributed by atoms with Crippen LogP contribution in [-0.4, -0.2) is 0 Å². The van der Waals surface area contributed by atoms with Gasteiger partial charge in [-0.3, -0.25) is 0 Å². The standard InChI is InChI=1S/C48H30S/c1-3-14-31(15-4-1)45-38-22-9-10-23-39(38)46(32-16-5-2-6-17-32)43-29-34(26-27-40(43)45)33-19-13-20-35(28-33)42-30-36-18-7-8-21-37(36)47-41-24-11-12-25-44(41)49-48(42)47/h1-30H.